The highest BCUT2D eigenvalue weighted by molar-refractivity contribution is 7.22. The molecule has 3 aromatic heterocycles. The van der Waals surface area contributed by atoms with Crippen LogP contribution in [0.15, 0.2) is 59.7 Å². The molecule has 0 radical (unpaired) electrons. The van der Waals surface area contributed by atoms with Gasteiger partial charge in [-0.2, -0.15) is 0 Å². The molecule has 0 N–H and O–H groups in total. The summed E-state index contributed by atoms with van der Waals surface area (Å²) in [5.41, 5.74) is 2.92. The number of hydrogen-bond acceptors (Lipinski definition) is 5. The highest BCUT2D eigenvalue weighted by atomic mass is 35.5. The van der Waals surface area contributed by atoms with Crippen LogP contribution >= 0.6 is 22.9 Å². The Labute approximate surface area is 196 Å². The fourth-order valence-corrected chi connectivity index (χ4v) is 5.58. The van der Waals surface area contributed by atoms with Crippen molar-refractivity contribution >= 4 is 38.8 Å². The molecule has 0 unspecified atom stereocenters. The SMILES string of the molecule is Cc1cc(-n2ccc3cc(-c4ccc(Cl)cc4)sc3c2=O)cnc1N1CC[C@@H](N(C)C)C1. The molecule has 1 saturated heterocycles. The molecule has 0 spiro atoms. The summed E-state index contributed by atoms with van der Waals surface area (Å²) in [6.07, 6.45) is 4.80. The Kier molecular flexibility index (Phi) is 5.53. The summed E-state index contributed by atoms with van der Waals surface area (Å²) in [6.45, 7) is 4.06. The van der Waals surface area contributed by atoms with Gasteiger partial charge >= 0.3 is 0 Å². The van der Waals surface area contributed by atoms with Crippen molar-refractivity contribution in [3.63, 3.8) is 0 Å². The summed E-state index contributed by atoms with van der Waals surface area (Å²) < 4.78 is 2.44. The monoisotopic (exact) mass is 464 g/mol. The summed E-state index contributed by atoms with van der Waals surface area (Å²) >= 11 is 7.53. The van der Waals surface area contributed by atoms with Crippen molar-refractivity contribution in [2.45, 2.75) is 19.4 Å². The second kappa shape index (κ2) is 8.35. The zero-order valence-corrected chi connectivity index (χ0v) is 20.0. The molecule has 1 aliphatic heterocycles. The number of aryl methyl sites for hydroxylation is 1. The lowest BCUT2D eigenvalue weighted by Gasteiger charge is -2.22. The lowest BCUT2D eigenvalue weighted by Crippen LogP contribution is -2.32. The summed E-state index contributed by atoms with van der Waals surface area (Å²) in [6, 6.07) is 14.4. The second-order valence-electron chi connectivity index (χ2n) is 8.58. The molecular weight excluding hydrogens is 440 g/mol. The predicted molar refractivity (Wildman–Crippen MR) is 135 cm³/mol. The number of anilines is 1. The second-order valence-corrected chi connectivity index (χ2v) is 10.1. The number of aromatic nitrogens is 2. The molecule has 32 heavy (non-hydrogen) atoms. The third-order valence-electron chi connectivity index (χ3n) is 6.21. The maximum atomic E-state index is 13.3. The van der Waals surface area contributed by atoms with Gasteiger partial charge in [0.2, 0.25) is 0 Å². The molecule has 1 aromatic carbocycles. The largest absolute Gasteiger partial charge is 0.355 e. The van der Waals surface area contributed by atoms with Gasteiger partial charge in [-0.1, -0.05) is 23.7 Å². The normalized spacial score (nSPS) is 16.4. The Morgan fingerprint density at radius 1 is 1.16 bits per heavy atom. The van der Waals surface area contributed by atoms with E-state index in [9.17, 15) is 4.79 Å². The number of rotatable bonds is 4. The Morgan fingerprint density at radius 2 is 1.94 bits per heavy atom. The molecule has 164 valence electrons. The first kappa shape index (κ1) is 21.2. The van der Waals surface area contributed by atoms with Crippen molar-refractivity contribution in [3.05, 3.63) is 75.8 Å². The quantitative estimate of drug-likeness (QED) is 0.415. The first-order chi connectivity index (χ1) is 15.4. The van der Waals surface area contributed by atoms with Crippen LogP contribution in [0.1, 0.15) is 12.0 Å². The van der Waals surface area contributed by atoms with Crippen molar-refractivity contribution in [3.8, 4) is 16.1 Å². The van der Waals surface area contributed by atoms with Crippen molar-refractivity contribution in [1.82, 2.24) is 14.5 Å². The van der Waals surface area contributed by atoms with E-state index in [-0.39, 0.29) is 5.56 Å². The van der Waals surface area contributed by atoms with Gasteiger partial charge in [-0.15, -0.1) is 11.3 Å². The van der Waals surface area contributed by atoms with Gasteiger partial charge in [-0.25, -0.2) is 4.98 Å². The van der Waals surface area contributed by atoms with Gasteiger partial charge in [0.15, 0.2) is 0 Å². The Hall–Kier alpha value is -2.67. The lowest BCUT2D eigenvalue weighted by atomic mass is 10.2. The maximum Gasteiger partial charge on any atom is 0.273 e. The average Bonchev–Trinajstić information content (AvgIpc) is 3.42. The van der Waals surface area contributed by atoms with E-state index in [4.69, 9.17) is 16.6 Å². The fraction of sp³-hybridized carbons (Fsp3) is 0.280. The summed E-state index contributed by atoms with van der Waals surface area (Å²) in [7, 11) is 4.26. The van der Waals surface area contributed by atoms with Crippen molar-refractivity contribution in [1.29, 1.82) is 0 Å². The number of hydrogen-bond donors (Lipinski definition) is 0. The molecule has 5 nitrogen and oxygen atoms in total. The van der Waals surface area contributed by atoms with Crippen LogP contribution in [-0.4, -0.2) is 47.7 Å². The minimum Gasteiger partial charge on any atom is -0.355 e. The van der Waals surface area contributed by atoms with Crippen molar-refractivity contribution < 1.29 is 0 Å². The Balaban J connectivity index is 1.48. The number of pyridine rings is 2. The molecule has 1 atom stereocenters. The number of likely N-dealkylation sites (N-methyl/N-ethyl adjacent to an activating group) is 1. The van der Waals surface area contributed by atoms with Crippen molar-refractivity contribution in [2.24, 2.45) is 0 Å². The van der Waals surface area contributed by atoms with Crippen LogP contribution in [0.2, 0.25) is 5.02 Å². The molecule has 0 bridgehead atoms. The van der Waals surface area contributed by atoms with Crippen LogP contribution < -0.4 is 10.5 Å². The Morgan fingerprint density at radius 3 is 2.62 bits per heavy atom. The minimum atomic E-state index is -0.0180. The number of fused-ring (bicyclic) bond motifs is 1. The van der Waals surface area contributed by atoms with E-state index in [2.05, 4.69) is 43.0 Å². The molecule has 5 rings (SSSR count). The standard InChI is InChI=1S/C25H25ClN4OS/c1-16-12-21(14-27-24(16)29-10-9-20(15-29)28(2)3)30-11-8-18-13-22(32-23(18)25(30)31)17-4-6-19(26)7-5-17/h4-8,11-14,20H,9-10,15H2,1-3H3/t20-/m1/s1. The van der Waals surface area contributed by atoms with Gasteiger partial charge in [-0.05, 0) is 68.9 Å². The van der Waals surface area contributed by atoms with Gasteiger partial charge in [0.25, 0.3) is 5.56 Å². The van der Waals surface area contributed by atoms with Gasteiger partial charge in [0, 0.05) is 40.6 Å². The molecule has 0 saturated carbocycles. The van der Waals surface area contributed by atoms with Crippen LogP contribution in [0.4, 0.5) is 5.82 Å². The predicted octanol–water partition coefficient (Wildman–Crippen LogP) is 5.22. The smallest absolute Gasteiger partial charge is 0.273 e. The first-order valence-corrected chi connectivity index (χ1v) is 11.9. The molecule has 7 heteroatoms. The average molecular weight is 465 g/mol. The fourth-order valence-electron chi connectivity index (χ4n) is 4.36. The van der Waals surface area contributed by atoms with Crippen LogP contribution in [0, 0.1) is 6.92 Å². The van der Waals surface area contributed by atoms with Crippen molar-refractivity contribution in [2.75, 3.05) is 32.1 Å². The molecule has 4 heterocycles. The molecule has 1 fully saturated rings. The molecular formula is C25H25ClN4OS. The van der Waals surface area contributed by atoms with E-state index in [0.717, 1.165) is 57.1 Å². The van der Waals surface area contributed by atoms with Crippen LogP contribution in [-0.2, 0) is 0 Å². The molecule has 0 aliphatic carbocycles. The Bertz CT molecular complexity index is 1340. The van der Waals surface area contributed by atoms with E-state index >= 15 is 0 Å². The number of benzene rings is 1. The highest BCUT2D eigenvalue weighted by Gasteiger charge is 2.26. The van der Waals surface area contributed by atoms with E-state index in [1.807, 2.05) is 42.7 Å². The number of halogens is 1. The zero-order chi connectivity index (χ0) is 22.4. The topological polar surface area (TPSA) is 41.4 Å². The number of thiophene rings is 1. The maximum absolute atomic E-state index is 13.3. The highest BCUT2D eigenvalue weighted by Crippen LogP contribution is 2.33. The number of nitrogens with zero attached hydrogens (tertiary/aromatic N) is 4. The van der Waals surface area contributed by atoms with Gasteiger partial charge in [-0.3, -0.25) is 9.36 Å². The van der Waals surface area contributed by atoms with E-state index in [1.165, 1.54) is 11.3 Å². The minimum absolute atomic E-state index is 0.0180. The molecule has 1 aliphatic rings. The lowest BCUT2D eigenvalue weighted by molar-refractivity contribution is 0.315. The zero-order valence-electron chi connectivity index (χ0n) is 18.4. The van der Waals surface area contributed by atoms with Crippen LogP contribution in [0.5, 0.6) is 0 Å². The van der Waals surface area contributed by atoms with Crippen LogP contribution in [0.25, 0.3) is 26.2 Å². The molecule has 4 aromatic rings. The third-order valence-corrected chi connectivity index (χ3v) is 7.65. The molecule has 0 amide bonds. The van der Waals surface area contributed by atoms with Gasteiger partial charge < -0.3 is 9.80 Å². The summed E-state index contributed by atoms with van der Waals surface area (Å²) in [5.74, 6) is 1.01. The third kappa shape index (κ3) is 3.83. The van der Waals surface area contributed by atoms with Crippen LogP contribution in [0.3, 0.4) is 0 Å². The first-order valence-electron chi connectivity index (χ1n) is 10.7. The van der Waals surface area contributed by atoms with Gasteiger partial charge in [0.1, 0.15) is 10.5 Å². The summed E-state index contributed by atoms with van der Waals surface area (Å²) in [4.78, 5) is 23.7. The van der Waals surface area contributed by atoms with Gasteiger partial charge in [0.05, 0.1) is 11.9 Å². The van der Waals surface area contributed by atoms with E-state index < -0.39 is 0 Å². The van der Waals surface area contributed by atoms with E-state index in [1.54, 1.807) is 4.57 Å². The van der Waals surface area contributed by atoms with E-state index in [0.29, 0.717) is 11.1 Å². The summed E-state index contributed by atoms with van der Waals surface area (Å²) in [5, 5.41) is 1.66.